The maximum Gasteiger partial charge on any atom is 0.416 e. The van der Waals surface area contributed by atoms with Crippen molar-refractivity contribution in [3.8, 4) is 0 Å². The molecule has 15 heteroatoms. The lowest BCUT2D eigenvalue weighted by Gasteiger charge is -2.36. The van der Waals surface area contributed by atoms with E-state index >= 15 is 0 Å². The largest absolute Gasteiger partial charge is 0.416 e. The number of nitrogens with one attached hydrogen (secondary N) is 1. The number of halogens is 4. The topological polar surface area (TPSA) is 105 Å². The number of benzene rings is 2. The fourth-order valence-electron chi connectivity index (χ4n) is 5.43. The fraction of sp³-hybridized carbons (Fsp3) is 0.258. The molecule has 0 bridgehead atoms. The Morgan fingerprint density at radius 2 is 2.02 bits per heavy atom. The van der Waals surface area contributed by atoms with Crippen molar-refractivity contribution < 1.29 is 27.5 Å². The molecule has 3 aromatic rings. The fourth-order valence-corrected chi connectivity index (χ4v) is 6.10. The summed E-state index contributed by atoms with van der Waals surface area (Å²) in [5.41, 5.74) is 2.54. The number of ether oxygens (including phenoxy) is 1. The van der Waals surface area contributed by atoms with Crippen LogP contribution in [0.5, 0.6) is 0 Å². The smallest absolute Gasteiger partial charge is 0.377 e. The van der Waals surface area contributed by atoms with Crippen LogP contribution >= 0.6 is 23.4 Å². The molecule has 0 unspecified atom stereocenters. The van der Waals surface area contributed by atoms with E-state index < -0.39 is 23.6 Å². The number of fused-ring (bicyclic) bond motifs is 5. The van der Waals surface area contributed by atoms with E-state index in [2.05, 4.69) is 11.9 Å². The highest BCUT2D eigenvalue weighted by Crippen LogP contribution is 2.43. The predicted octanol–water partition coefficient (Wildman–Crippen LogP) is 6.45. The lowest BCUT2D eigenvalue weighted by molar-refractivity contribution is -0.137. The lowest BCUT2D eigenvalue weighted by Crippen LogP contribution is -2.43. The quantitative estimate of drug-likeness (QED) is 0.228. The van der Waals surface area contributed by atoms with Crippen molar-refractivity contribution >= 4 is 69.5 Å². The van der Waals surface area contributed by atoms with Crippen LogP contribution in [-0.2, 0) is 20.5 Å². The van der Waals surface area contributed by atoms with E-state index in [4.69, 9.17) is 31.5 Å². The number of aromatic nitrogens is 3. The van der Waals surface area contributed by atoms with Gasteiger partial charge in [-0.05, 0) is 61.1 Å². The number of amides is 2. The number of allylic oxidation sites excluding steroid dienone is 2. The van der Waals surface area contributed by atoms with Crippen LogP contribution in [0.3, 0.4) is 0 Å². The number of hydrogen-bond acceptors (Lipinski definition) is 8. The Kier molecular flexibility index (Phi) is 8.53. The third-order valence-corrected chi connectivity index (χ3v) is 8.65. The van der Waals surface area contributed by atoms with Crippen molar-refractivity contribution in [3.05, 3.63) is 82.8 Å². The van der Waals surface area contributed by atoms with Crippen molar-refractivity contribution in [1.82, 2.24) is 14.8 Å². The molecule has 0 aliphatic carbocycles. The predicted molar refractivity (Wildman–Crippen MR) is 172 cm³/mol. The number of hydrogen-bond donors (Lipinski definition) is 1. The second-order valence-electron chi connectivity index (χ2n) is 10.4. The minimum Gasteiger partial charge on any atom is -0.377 e. The Balaban J connectivity index is 1.47. The van der Waals surface area contributed by atoms with Crippen LogP contribution in [0.25, 0.3) is 11.1 Å². The van der Waals surface area contributed by atoms with Gasteiger partial charge in [-0.1, -0.05) is 37.2 Å². The Labute approximate surface area is 271 Å². The van der Waals surface area contributed by atoms with Crippen molar-refractivity contribution in [2.45, 2.75) is 30.8 Å². The van der Waals surface area contributed by atoms with Gasteiger partial charge >= 0.3 is 6.18 Å². The van der Waals surface area contributed by atoms with Crippen LogP contribution in [-0.4, -0.2) is 58.4 Å². The van der Waals surface area contributed by atoms with Gasteiger partial charge in [0.2, 0.25) is 11.9 Å². The van der Waals surface area contributed by atoms with E-state index in [-0.39, 0.29) is 23.2 Å². The third-order valence-electron chi connectivity index (χ3n) is 7.61. The second-order valence-corrected chi connectivity index (χ2v) is 11.7. The van der Waals surface area contributed by atoms with Gasteiger partial charge in [0.25, 0.3) is 5.91 Å². The Bertz CT molecular complexity index is 1870. The van der Waals surface area contributed by atoms with Crippen molar-refractivity contribution in [2.24, 2.45) is 5.10 Å². The minimum atomic E-state index is -4.58. The summed E-state index contributed by atoms with van der Waals surface area (Å²) in [4.78, 5) is 34.0. The van der Waals surface area contributed by atoms with Gasteiger partial charge in [0.15, 0.2) is 11.7 Å². The molecule has 0 saturated carbocycles. The van der Waals surface area contributed by atoms with Gasteiger partial charge < -0.3 is 15.0 Å². The molecular weight excluding hydrogens is 643 g/mol. The maximum absolute atomic E-state index is 13.5. The summed E-state index contributed by atoms with van der Waals surface area (Å²) in [6, 6.07) is 8.43. The van der Waals surface area contributed by atoms with E-state index in [1.807, 2.05) is 37.5 Å². The molecule has 0 radical (unpaired) electrons. The summed E-state index contributed by atoms with van der Waals surface area (Å²) in [7, 11) is 0. The SMILES string of the molecule is C=CC(=O)N1N=C2C(=C(CC)N(CC(=O)Nc3ccc(C(F)(F)F)cc3Cl)c3nc(C4=CCOCC4)nn32)c2ccc(SC)cc21. The highest BCUT2D eigenvalue weighted by atomic mass is 35.5. The third kappa shape index (κ3) is 5.72. The number of carbonyl (C=O) groups excluding carboxylic acids is 2. The molecule has 6 rings (SSSR count). The van der Waals surface area contributed by atoms with Crippen LogP contribution in [0.2, 0.25) is 5.02 Å². The van der Waals surface area contributed by atoms with Crippen LogP contribution < -0.4 is 15.2 Å². The van der Waals surface area contributed by atoms with Gasteiger partial charge in [0.1, 0.15) is 6.54 Å². The minimum absolute atomic E-state index is 0.0327. The molecule has 1 N–H and O–H groups in total. The highest BCUT2D eigenvalue weighted by Gasteiger charge is 2.39. The number of thioether (sulfide) groups is 1. The molecule has 3 aliphatic rings. The summed E-state index contributed by atoms with van der Waals surface area (Å²) in [6.07, 6.45) is 1.42. The first-order valence-corrected chi connectivity index (χ1v) is 15.8. The van der Waals surface area contributed by atoms with Gasteiger partial charge in [0.05, 0.1) is 40.7 Å². The average Bonchev–Trinajstić information content (AvgIpc) is 3.50. The first kappa shape index (κ1) is 31.6. The summed E-state index contributed by atoms with van der Waals surface area (Å²) < 4.78 is 46.5. The van der Waals surface area contributed by atoms with Crippen molar-refractivity contribution in [1.29, 1.82) is 0 Å². The Morgan fingerprint density at radius 3 is 2.67 bits per heavy atom. The van der Waals surface area contributed by atoms with Gasteiger partial charge in [-0.25, -0.2) is 0 Å². The number of nitrogens with zero attached hydrogens (tertiary/aromatic N) is 6. The van der Waals surface area contributed by atoms with Crippen LogP contribution in [0.1, 0.15) is 36.7 Å². The molecule has 238 valence electrons. The number of alkyl halides is 3. The summed E-state index contributed by atoms with van der Waals surface area (Å²) in [5.74, 6) is 0.0606. The zero-order chi connectivity index (χ0) is 32.7. The summed E-state index contributed by atoms with van der Waals surface area (Å²) >= 11 is 7.65. The highest BCUT2D eigenvalue weighted by molar-refractivity contribution is 7.98. The van der Waals surface area contributed by atoms with Gasteiger partial charge in [-0.15, -0.1) is 22.0 Å². The Morgan fingerprint density at radius 1 is 1.22 bits per heavy atom. The molecule has 0 atom stereocenters. The van der Waals surface area contributed by atoms with E-state index in [0.29, 0.717) is 60.2 Å². The molecule has 10 nitrogen and oxygen atoms in total. The standard InChI is InChI=1S/C31H27ClF3N7O3S/c1-4-23-27-20-8-7-19(46-3)15-24(20)41(26(44)5-2)39-29(27)42-30(37-28(38-42)17-10-12-45-13-11-17)40(23)16-25(43)36-22-9-6-18(14-21(22)32)31(33,34)35/h5-10,14-15H,2,4,11-13,16H2,1,3H3,(H,36,43). The molecule has 3 aliphatic heterocycles. The number of anilines is 3. The van der Waals surface area contributed by atoms with Crippen LogP contribution in [0, 0.1) is 0 Å². The summed E-state index contributed by atoms with van der Waals surface area (Å²) in [5, 5.41) is 13.2. The zero-order valence-corrected chi connectivity index (χ0v) is 26.3. The molecule has 0 fully saturated rings. The second kappa shape index (κ2) is 12.4. The van der Waals surface area contributed by atoms with Crippen molar-refractivity contribution in [3.63, 3.8) is 0 Å². The van der Waals surface area contributed by atoms with E-state index in [1.54, 1.807) is 4.90 Å². The van der Waals surface area contributed by atoms with Crippen LogP contribution in [0.4, 0.5) is 30.5 Å². The van der Waals surface area contributed by atoms with Gasteiger partial charge in [0, 0.05) is 16.2 Å². The van der Waals surface area contributed by atoms with E-state index in [9.17, 15) is 22.8 Å². The van der Waals surface area contributed by atoms with E-state index in [0.717, 1.165) is 28.7 Å². The van der Waals surface area contributed by atoms with Gasteiger partial charge in [-0.3, -0.25) is 9.59 Å². The molecule has 4 heterocycles. The average molecular weight is 670 g/mol. The van der Waals surface area contributed by atoms with E-state index in [1.165, 1.54) is 27.5 Å². The Hall–Kier alpha value is -4.40. The lowest BCUT2D eigenvalue weighted by atomic mass is 9.95. The number of rotatable bonds is 7. The number of carbonyl (C=O) groups is 2. The van der Waals surface area contributed by atoms with Crippen molar-refractivity contribution in [2.75, 3.05) is 41.2 Å². The van der Waals surface area contributed by atoms with Gasteiger partial charge in [-0.2, -0.15) is 27.8 Å². The molecule has 0 spiro atoms. The zero-order valence-electron chi connectivity index (χ0n) is 24.7. The molecule has 0 saturated heterocycles. The number of hydrazone groups is 1. The normalized spacial score (nSPS) is 15.9. The summed E-state index contributed by atoms with van der Waals surface area (Å²) in [6.45, 7) is 6.19. The monoisotopic (exact) mass is 669 g/mol. The molecule has 2 amide bonds. The molecule has 2 aromatic carbocycles. The first-order chi connectivity index (χ1) is 22.0. The van der Waals surface area contributed by atoms with Crippen LogP contribution in [0.15, 0.2) is 70.8 Å². The maximum atomic E-state index is 13.5. The molecule has 1 aromatic heterocycles. The molecular formula is C31H27ClF3N7O3S. The molecule has 46 heavy (non-hydrogen) atoms. The first-order valence-electron chi connectivity index (χ1n) is 14.2.